The SMILES string of the molecule is CSCCn1c(=NC(=O)c2cccc(Oc3ccccc3)c2)sc2cc(Br)ccc21. The molecule has 0 spiro atoms. The van der Waals surface area contributed by atoms with Crippen molar-refractivity contribution in [2.24, 2.45) is 4.99 Å². The Bertz CT molecular complexity index is 1250. The highest BCUT2D eigenvalue weighted by molar-refractivity contribution is 9.10. The number of amides is 1. The van der Waals surface area contributed by atoms with Gasteiger partial charge in [0.2, 0.25) is 0 Å². The van der Waals surface area contributed by atoms with Crippen molar-refractivity contribution >= 4 is 55.2 Å². The van der Waals surface area contributed by atoms with E-state index in [1.165, 1.54) is 11.3 Å². The first-order chi connectivity index (χ1) is 14.6. The molecule has 0 aliphatic carbocycles. The molecule has 0 fully saturated rings. The molecule has 1 aromatic heterocycles. The first-order valence-electron chi connectivity index (χ1n) is 9.34. The summed E-state index contributed by atoms with van der Waals surface area (Å²) in [5, 5.41) is 0. The normalized spacial score (nSPS) is 11.7. The molecule has 3 aromatic carbocycles. The lowest BCUT2D eigenvalue weighted by molar-refractivity contribution is 0.0997. The zero-order valence-corrected chi connectivity index (χ0v) is 19.5. The number of ether oxygens (including phenoxy) is 1. The quantitative estimate of drug-likeness (QED) is 0.310. The van der Waals surface area contributed by atoms with Gasteiger partial charge in [-0.15, -0.1) is 0 Å². The van der Waals surface area contributed by atoms with Gasteiger partial charge >= 0.3 is 0 Å². The van der Waals surface area contributed by atoms with Crippen LogP contribution in [0.5, 0.6) is 11.5 Å². The highest BCUT2D eigenvalue weighted by atomic mass is 79.9. The molecule has 7 heteroatoms. The van der Waals surface area contributed by atoms with Crippen LogP contribution in [0.15, 0.2) is 82.3 Å². The summed E-state index contributed by atoms with van der Waals surface area (Å²) in [5.41, 5.74) is 1.59. The van der Waals surface area contributed by atoms with Crippen LogP contribution in [0.4, 0.5) is 0 Å². The average Bonchev–Trinajstić information content (AvgIpc) is 3.09. The molecule has 0 bridgehead atoms. The number of thiazole rings is 1. The highest BCUT2D eigenvalue weighted by Gasteiger charge is 2.11. The van der Waals surface area contributed by atoms with Gasteiger partial charge in [-0.25, -0.2) is 0 Å². The van der Waals surface area contributed by atoms with E-state index in [9.17, 15) is 4.79 Å². The van der Waals surface area contributed by atoms with Crippen LogP contribution in [-0.4, -0.2) is 22.5 Å². The molecular weight excluding hydrogens is 480 g/mol. The van der Waals surface area contributed by atoms with Crippen LogP contribution in [0, 0.1) is 0 Å². The minimum atomic E-state index is -0.281. The maximum absolute atomic E-state index is 12.9. The zero-order valence-electron chi connectivity index (χ0n) is 16.2. The molecule has 30 heavy (non-hydrogen) atoms. The minimum absolute atomic E-state index is 0.281. The van der Waals surface area contributed by atoms with Gasteiger partial charge in [0.15, 0.2) is 4.80 Å². The second-order valence-electron chi connectivity index (χ2n) is 6.50. The van der Waals surface area contributed by atoms with Gasteiger partial charge in [-0.2, -0.15) is 16.8 Å². The van der Waals surface area contributed by atoms with Crippen LogP contribution >= 0.6 is 39.0 Å². The number of hydrogen-bond donors (Lipinski definition) is 0. The summed E-state index contributed by atoms with van der Waals surface area (Å²) in [6.45, 7) is 0.798. The summed E-state index contributed by atoms with van der Waals surface area (Å²) in [6.07, 6.45) is 2.08. The predicted molar refractivity (Wildman–Crippen MR) is 129 cm³/mol. The lowest BCUT2D eigenvalue weighted by Crippen LogP contribution is -2.18. The highest BCUT2D eigenvalue weighted by Crippen LogP contribution is 2.24. The Morgan fingerprint density at radius 2 is 1.87 bits per heavy atom. The molecule has 4 rings (SSSR count). The second-order valence-corrected chi connectivity index (χ2v) is 9.41. The number of para-hydroxylation sites is 1. The molecule has 0 N–H and O–H groups in total. The van der Waals surface area contributed by atoms with Crippen molar-refractivity contribution in [3.63, 3.8) is 0 Å². The number of carbonyl (C=O) groups excluding carboxylic acids is 1. The Labute approximate surface area is 191 Å². The minimum Gasteiger partial charge on any atom is -0.457 e. The third kappa shape index (κ3) is 4.86. The van der Waals surface area contributed by atoms with Crippen molar-refractivity contribution in [1.82, 2.24) is 4.57 Å². The van der Waals surface area contributed by atoms with Gasteiger partial charge in [0.25, 0.3) is 5.91 Å². The molecule has 0 saturated carbocycles. The largest absolute Gasteiger partial charge is 0.457 e. The first-order valence-corrected chi connectivity index (χ1v) is 12.3. The van der Waals surface area contributed by atoms with E-state index in [4.69, 9.17) is 4.74 Å². The summed E-state index contributed by atoms with van der Waals surface area (Å²) in [6, 6.07) is 22.8. The average molecular weight is 499 g/mol. The molecule has 0 aliphatic heterocycles. The standard InChI is InChI=1S/C23H19BrN2O2S2/c1-29-13-12-26-20-11-10-17(24)15-21(20)30-23(26)25-22(27)16-6-5-9-19(14-16)28-18-7-3-2-4-8-18/h2-11,14-15H,12-13H2,1H3. The van der Waals surface area contributed by atoms with Crippen molar-refractivity contribution in [2.45, 2.75) is 6.54 Å². The van der Waals surface area contributed by atoms with Crippen molar-refractivity contribution in [3.8, 4) is 11.5 Å². The van der Waals surface area contributed by atoms with E-state index < -0.39 is 0 Å². The molecule has 4 aromatic rings. The number of benzene rings is 3. The summed E-state index contributed by atoms with van der Waals surface area (Å²) in [5.74, 6) is 2.00. The molecule has 0 atom stereocenters. The Hall–Kier alpha value is -2.35. The molecule has 0 radical (unpaired) electrons. The predicted octanol–water partition coefficient (Wildman–Crippen LogP) is 6.36. The smallest absolute Gasteiger partial charge is 0.279 e. The van der Waals surface area contributed by atoms with Crippen LogP contribution in [0.3, 0.4) is 0 Å². The fourth-order valence-electron chi connectivity index (χ4n) is 3.00. The Morgan fingerprint density at radius 3 is 2.67 bits per heavy atom. The van der Waals surface area contributed by atoms with Gasteiger partial charge in [-0.05, 0) is 54.8 Å². The topological polar surface area (TPSA) is 43.6 Å². The molecule has 152 valence electrons. The van der Waals surface area contributed by atoms with E-state index in [2.05, 4.69) is 43.9 Å². The van der Waals surface area contributed by atoms with Gasteiger partial charge in [-0.3, -0.25) is 4.79 Å². The summed E-state index contributed by atoms with van der Waals surface area (Å²) >= 11 is 6.82. The number of aryl methyl sites for hydroxylation is 1. The molecule has 4 nitrogen and oxygen atoms in total. The number of halogens is 1. The molecule has 1 amide bonds. The van der Waals surface area contributed by atoms with Gasteiger partial charge in [0.05, 0.1) is 10.2 Å². The van der Waals surface area contributed by atoms with E-state index >= 15 is 0 Å². The fraction of sp³-hybridized carbons (Fsp3) is 0.130. The van der Waals surface area contributed by atoms with E-state index in [-0.39, 0.29) is 5.91 Å². The van der Waals surface area contributed by atoms with Crippen molar-refractivity contribution in [3.05, 3.63) is 87.6 Å². The second kappa shape index (κ2) is 9.64. The van der Waals surface area contributed by atoms with E-state index in [1.807, 2.05) is 48.5 Å². The Balaban J connectivity index is 1.68. The zero-order chi connectivity index (χ0) is 20.9. The Kier molecular flexibility index (Phi) is 6.72. The van der Waals surface area contributed by atoms with Gasteiger partial charge in [0.1, 0.15) is 11.5 Å². The number of aromatic nitrogens is 1. The molecule has 0 saturated heterocycles. The van der Waals surface area contributed by atoms with E-state index in [1.54, 1.807) is 23.9 Å². The summed E-state index contributed by atoms with van der Waals surface area (Å²) in [4.78, 5) is 18.1. The van der Waals surface area contributed by atoms with Crippen molar-refractivity contribution in [1.29, 1.82) is 0 Å². The monoisotopic (exact) mass is 498 g/mol. The van der Waals surface area contributed by atoms with Crippen LogP contribution in [-0.2, 0) is 6.54 Å². The third-order valence-corrected chi connectivity index (χ3v) is 6.55. The number of hydrogen-bond acceptors (Lipinski definition) is 4. The lowest BCUT2D eigenvalue weighted by atomic mass is 10.2. The van der Waals surface area contributed by atoms with Gasteiger partial charge in [0, 0.05) is 22.3 Å². The number of fused-ring (bicyclic) bond motifs is 1. The summed E-state index contributed by atoms with van der Waals surface area (Å²) in [7, 11) is 0. The fourth-order valence-corrected chi connectivity index (χ4v) is 4.97. The number of nitrogens with zero attached hydrogens (tertiary/aromatic N) is 2. The molecular formula is C23H19BrN2O2S2. The number of carbonyl (C=O) groups is 1. The van der Waals surface area contributed by atoms with Gasteiger partial charge in [-0.1, -0.05) is 51.5 Å². The third-order valence-electron chi connectivity index (χ3n) is 4.42. The molecule has 0 unspecified atom stereocenters. The molecule has 0 aliphatic rings. The number of rotatable bonds is 6. The van der Waals surface area contributed by atoms with Crippen LogP contribution in [0.2, 0.25) is 0 Å². The van der Waals surface area contributed by atoms with E-state index in [0.29, 0.717) is 16.1 Å². The molecule has 1 heterocycles. The summed E-state index contributed by atoms with van der Waals surface area (Å²) < 4.78 is 10.1. The van der Waals surface area contributed by atoms with Crippen molar-refractivity contribution < 1.29 is 9.53 Å². The lowest BCUT2D eigenvalue weighted by Gasteiger charge is -2.06. The van der Waals surface area contributed by atoms with Crippen LogP contribution < -0.4 is 9.54 Å². The maximum Gasteiger partial charge on any atom is 0.279 e. The number of thioether (sulfide) groups is 1. The van der Waals surface area contributed by atoms with Crippen molar-refractivity contribution in [2.75, 3.05) is 12.0 Å². The van der Waals surface area contributed by atoms with Crippen LogP contribution in [0.25, 0.3) is 10.2 Å². The van der Waals surface area contributed by atoms with E-state index in [0.717, 1.165) is 32.7 Å². The first kappa shape index (κ1) is 20.9. The maximum atomic E-state index is 12.9. The van der Waals surface area contributed by atoms with Gasteiger partial charge < -0.3 is 9.30 Å². The van der Waals surface area contributed by atoms with Crippen LogP contribution in [0.1, 0.15) is 10.4 Å². The Morgan fingerprint density at radius 1 is 1.07 bits per heavy atom.